The average molecular weight is 563 g/mol. The van der Waals surface area contributed by atoms with Crippen molar-refractivity contribution in [3.63, 3.8) is 0 Å². The number of halogens is 1. The largest absolute Gasteiger partial charge is 0.484 e. The Labute approximate surface area is 236 Å². The number of nitrogens with one attached hydrogen (secondary N) is 1. The van der Waals surface area contributed by atoms with Crippen LogP contribution in [0.3, 0.4) is 0 Å². The van der Waals surface area contributed by atoms with Crippen LogP contribution in [0.5, 0.6) is 11.6 Å². The van der Waals surface area contributed by atoms with Gasteiger partial charge in [0.1, 0.15) is 24.4 Å². The van der Waals surface area contributed by atoms with Gasteiger partial charge < -0.3 is 19.0 Å². The van der Waals surface area contributed by atoms with Crippen LogP contribution >= 0.6 is 0 Å². The molecule has 0 spiro atoms. The van der Waals surface area contributed by atoms with Crippen molar-refractivity contribution in [3.05, 3.63) is 60.2 Å². The quantitative estimate of drug-likeness (QED) is 0.149. The number of hydrogen-bond donors (Lipinski definition) is 1. The molecule has 0 unspecified atom stereocenters. The van der Waals surface area contributed by atoms with E-state index in [0.717, 1.165) is 28.0 Å². The molecule has 1 aliphatic carbocycles. The summed E-state index contributed by atoms with van der Waals surface area (Å²) in [6.07, 6.45) is 7.84. The first-order valence-electron chi connectivity index (χ1n) is 14.1. The number of hydrogen-bond acceptors (Lipinski definition) is 7. The summed E-state index contributed by atoms with van der Waals surface area (Å²) in [5.74, 6) is 0.848. The molecule has 10 heteroatoms. The van der Waals surface area contributed by atoms with Crippen molar-refractivity contribution in [2.75, 3.05) is 12.4 Å². The van der Waals surface area contributed by atoms with Gasteiger partial charge in [-0.25, -0.2) is 9.97 Å². The molecule has 1 N–H and O–H groups in total. The van der Waals surface area contributed by atoms with Crippen molar-refractivity contribution in [1.82, 2.24) is 24.2 Å². The van der Waals surface area contributed by atoms with E-state index in [1.54, 1.807) is 31.8 Å². The minimum atomic E-state index is -2.14. The van der Waals surface area contributed by atoms with E-state index < -0.39 is 14.2 Å². The SMILES string of the molecule is COc1ncnc2c1c(COc1ccc(Nc3ccc(C4CC4)nc3)nc1F)cn2[Si](C(C)C)(C(C)C)C(C)C. The number of rotatable bonds is 11. The molecule has 8 nitrogen and oxygen atoms in total. The van der Waals surface area contributed by atoms with E-state index in [2.05, 4.69) is 72.2 Å². The number of methoxy groups -OCH3 is 1. The lowest BCUT2D eigenvalue weighted by atomic mass is 10.2. The third-order valence-electron chi connectivity index (χ3n) is 8.26. The third kappa shape index (κ3) is 5.05. The van der Waals surface area contributed by atoms with E-state index in [-0.39, 0.29) is 12.4 Å². The summed E-state index contributed by atoms with van der Waals surface area (Å²) >= 11 is 0. The van der Waals surface area contributed by atoms with E-state index in [4.69, 9.17) is 14.5 Å². The summed E-state index contributed by atoms with van der Waals surface area (Å²) in [5, 5.41) is 3.93. The molecule has 1 saturated carbocycles. The Hall–Kier alpha value is -3.53. The zero-order chi connectivity index (χ0) is 28.6. The number of ether oxygens (including phenoxy) is 2. The predicted octanol–water partition coefficient (Wildman–Crippen LogP) is 7.59. The Morgan fingerprint density at radius 3 is 2.30 bits per heavy atom. The van der Waals surface area contributed by atoms with Crippen molar-refractivity contribution in [2.45, 2.75) is 83.5 Å². The molecular weight excluding hydrogens is 523 g/mol. The summed E-state index contributed by atoms with van der Waals surface area (Å²) in [7, 11) is -0.535. The molecule has 212 valence electrons. The molecule has 0 aliphatic heterocycles. The molecule has 0 atom stereocenters. The maximum atomic E-state index is 15.1. The summed E-state index contributed by atoms with van der Waals surface area (Å²) in [5.41, 5.74) is 4.94. The first kappa shape index (κ1) is 28.0. The van der Waals surface area contributed by atoms with Crippen molar-refractivity contribution in [2.24, 2.45) is 0 Å². The number of anilines is 2. The summed E-state index contributed by atoms with van der Waals surface area (Å²) < 4.78 is 29.1. The van der Waals surface area contributed by atoms with Gasteiger partial charge in [-0.1, -0.05) is 41.5 Å². The number of aromatic nitrogens is 5. The van der Waals surface area contributed by atoms with Gasteiger partial charge in [0.15, 0.2) is 14.0 Å². The maximum absolute atomic E-state index is 15.1. The average Bonchev–Trinajstić information content (AvgIpc) is 3.70. The van der Waals surface area contributed by atoms with Crippen molar-refractivity contribution < 1.29 is 13.9 Å². The third-order valence-corrected chi connectivity index (χ3v) is 15.0. The van der Waals surface area contributed by atoms with Crippen LogP contribution in [0.4, 0.5) is 15.9 Å². The van der Waals surface area contributed by atoms with E-state index in [1.165, 1.54) is 12.8 Å². The molecule has 4 heterocycles. The zero-order valence-electron chi connectivity index (χ0n) is 24.4. The van der Waals surface area contributed by atoms with E-state index in [0.29, 0.717) is 34.2 Å². The lowest BCUT2D eigenvalue weighted by Crippen LogP contribution is -2.51. The van der Waals surface area contributed by atoms with Crippen LogP contribution in [-0.2, 0) is 6.61 Å². The van der Waals surface area contributed by atoms with Crippen molar-refractivity contribution in [3.8, 4) is 11.6 Å². The highest BCUT2D eigenvalue weighted by atomic mass is 28.3. The van der Waals surface area contributed by atoms with Crippen LogP contribution in [0.2, 0.25) is 16.6 Å². The number of fused-ring (bicyclic) bond motifs is 1. The molecule has 0 saturated heterocycles. The van der Waals surface area contributed by atoms with Crippen LogP contribution in [-0.4, -0.2) is 39.5 Å². The first-order chi connectivity index (χ1) is 19.2. The van der Waals surface area contributed by atoms with Crippen LogP contribution in [0.1, 0.15) is 71.6 Å². The molecule has 1 fully saturated rings. The molecule has 40 heavy (non-hydrogen) atoms. The van der Waals surface area contributed by atoms with Crippen LogP contribution in [0, 0.1) is 5.95 Å². The zero-order valence-corrected chi connectivity index (χ0v) is 25.4. The highest BCUT2D eigenvalue weighted by molar-refractivity contribution is 6.82. The van der Waals surface area contributed by atoms with Gasteiger partial charge in [-0.3, -0.25) is 4.98 Å². The Morgan fingerprint density at radius 1 is 1.00 bits per heavy atom. The molecule has 4 aromatic rings. The second-order valence-electron chi connectivity index (χ2n) is 11.6. The maximum Gasteiger partial charge on any atom is 0.257 e. The molecule has 1 aliphatic rings. The van der Waals surface area contributed by atoms with Gasteiger partial charge >= 0.3 is 0 Å². The minimum absolute atomic E-state index is 0.0737. The first-order valence-corrected chi connectivity index (χ1v) is 16.3. The summed E-state index contributed by atoms with van der Waals surface area (Å²) in [6, 6.07) is 7.26. The predicted molar refractivity (Wildman–Crippen MR) is 159 cm³/mol. The van der Waals surface area contributed by atoms with Gasteiger partial charge in [0.25, 0.3) is 5.95 Å². The van der Waals surface area contributed by atoms with Gasteiger partial charge in [0, 0.05) is 23.4 Å². The smallest absolute Gasteiger partial charge is 0.257 e. The highest BCUT2D eigenvalue weighted by Crippen LogP contribution is 2.45. The number of nitrogens with zero attached hydrogens (tertiary/aromatic N) is 5. The van der Waals surface area contributed by atoms with Gasteiger partial charge in [-0.2, -0.15) is 9.37 Å². The van der Waals surface area contributed by atoms with Crippen molar-refractivity contribution >= 4 is 30.8 Å². The summed E-state index contributed by atoms with van der Waals surface area (Å²) in [6.45, 7) is 14.0. The minimum Gasteiger partial charge on any atom is -0.484 e. The Bertz CT molecular complexity index is 1460. The van der Waals surface area contributed by atoms with E-state index in [1.807, 2.05) is 12.1 Å². The Kier molecular flexibility index (Phi) is 7.81. The Morgan fingerprint density at radius 2 is 1.73 bits per heavy atom. The molecule has 0 aromatic carbocycles. The second-order valence-corrected chi connectivity index (χ2v) is 17.3. The summed E-state index contributed by atoms with van der Waals surface area (Å²) in [4.78, 5) is 17.7. The van der Waals surface area contributed by atoms with Crippen LogP contribution < -0.4 is 14.8 Å². The lowest BCUT2D eigenvalue weighted by molar-refractivity contribution is 0.287. The van der Waals surface area contributed by atoms with Crippen LogP contribution in [0.25, 0.3) is 11.0 Å². The van der Waals surface area contributed by atoms with Gasteiger partial charge in [-0.15, -0.1) is 0 Å². The van der Waals surface area contributed by atoms with Crippen LogP contribution in [0.15, 0.2) is 43.0 Å². The lowest BCUT2D eigenvalue weighted by Gasteiger charge is -2.44. The Balaban J connectivity index is 1.42. The van der Waals surface area contributed by atoms with Gasteiger partial charge in [0.2, 0.25) is 5.88 Å². The fourth-order valence-corrected chi connectivity index (χ4v) is 13.1. The second kappa shape index (κ2) is 11.2. The number of pyridine rings is 2. The fraction of sp³-hybridized carbons (Fsp3) is 0.467. The monoisotopic (exact) mass is 562 g/mol. The molecule has 0 bridgehead atoms. The van der Waals surface area contributed by atoms with Gasteiger partial charge in [-0.05, 0) is 53.7 Å². The van der Waals surface area contributed by atoms with Crippen molar-refractivity contribution in [1.29, 1.82) is 0 Å². The molecule has 5 rings (SSSR count). The fourth-order valence-electron chi connectivity index (χ4n) is 6.50. The van der Waals surface area contributed by atoms with E-state index in [9.17, 15) is 0 Å². The molecule has 0 amide bonds. The molecular formula is C30H39FN6O2Si. The highest BCUT2D eigenvalue weighted by Gasteiger charge is 2.46. The topological polar surface area (TPSA) is 87.0 Å². The van der Waals surface area contributed by atoms with E-state index >= 15 is 4.39 Å². The molecule has 0 radical (unpaired) electrons. The normalized spacial score (nSPS) is 14.0. The van der Waals surface area contributed by atoms with Gasteiger partial charge in [0.05, 0.1) is 24.4 Å². The standard InChI is InChI=1S/C30H39FN6O2Si/c1-18(2)40(19(3)4,20(5)6)37-15-22(27-29(37)33-17-34-30(27)38-7)16-39-25-12-13-26(36-28(25)31)35-23-10-11-24(32-14-23)21-8-9-21/h10-15,17-21H,8-9,16H2,1-7H3,(H,35,36). The molecule has 4 aromatic heterocycles.